The summed E-state index contributed by atoms with van der Waals surface area (Å²) in [7, 11) is 3.61. The van der Waals surface area contributed by atoms with E-state index in [9.17, 15) is 4.79 Å². The van der Waals surface area contributed by atoms with Crippen molar-refractivity contribution in [3.63, 3.8) is 0 Å². The van der Waals surface area contributed by atoms with Gasteiger partial charge in [0.15, 0.2) is 5.96 Å². The fourth-order valence-electron chi connectivity index (χ4n) is 3.74. The fraction of sp³-hybridized carbons (Fsp3) is 0.381. The zero-order valence-corrected chi connectivity index (χ0v) is 19.7. The van der Waals surface area contributed by atoms with Crippen LogP contribution in [0, 0.1) is 0 Å². The van der Waals surface area contributed by atoms with Crippen LogP contribution in [0.5, 0.6) is 0 Å². The summed E-state index contributed by atoms with van der Waals surface area (Å²) < 4.78 is 1.71. The van der Waals surface area contributed by atoms with Crippen LogP contribution in [0.15, 0.2) is 53.8 Å². The molecule has 3 heterocycles. The van der Waals surface area contributed by atoms with Gasteiger partial charge in [0, 0.05) is 58.7 Å². The number of carbonyl (C=O) groups is 1. The highest BCUT2D eigenvalue weighted by atomic mass is 127. The van der Waals surface area contributed by atoms with Crippen molar-refractivity contribution in [1.29, 1.82) is 0 Å². The van der Waals surface area contributed by atoms with Gasteiger partial charge in [-0.05, 0) is 17.7 Å². The number of aromatic nitrogens is 2. The molecular weight excluding hydrogens is 493 g/mol. The average Bonchev–Trinajstić information content (AvgIpc) is 3.41. The molecule has 160 valence electrons. The molecule has 2 aromatic rings. The van der Waals surface area contributed by atoms with Crippen molar-refractivity contribution in [2.75, 3.05) is 49.6 Å². The monoisotopic (exact) mass is 521 g/mol. The van der Waals surface area contributed by atoms with E-state index >= 15 is 0 Å². The molecule has 1 aromatic heterocycles. The number of piperazine rings is 1. The molecule has 0 unspecified atom stereocenters. The predicted molar refractivity (Wildman–Crippen MR) is 131 cm³/mol. The number of amides is 1. The molecule has 0 saturated carbocycles. The minimum absolute atomic E-state index is 0. The van der Waals surface area contributed by atoms with E-state index in [1.165, 1.54) is 11.3 Å². The molecule has 0 atom stereocenters. The molecule has 2 aliphatic rings. The van der Waals surface area contributed by atoms with Crippen molar-refractivity contribution < 1.29 is 4.79 Å². The highest BCUT2D eigenvalue weighted by Crippen LogP contribution is 2.19. The van der Waals surface area contributed by atoms with Gasteiger partial charge in [-0.1, -0.05) is 24.3 Å². The van der Waals surface area contributed by atoms with E-state index in [1.807, 2.05) is 18.1 Å². The third kappa shape index (κ3) is 4.94. The normalized spacial score (nSPS) is 16.8. The standard InChI is InChI=1S/C21H27N7O.HI/c1-22-21(23-13-17-6-5-7-18(12-17)26-8-3-4-9-26)27-10-11-28(20(29)16-27)19-14-24-25(2)15-19;/h3-7,12,14-15H,8-11,13,16H2,1-2H3,(H,22,23);1H. The molecule has 4 rings (SSSR count). The van der Waals surface area contributed by atoms with E-state index in [0.717, 1.165) is 31.3 Å². The summed E-state index contributed by atoms with van der Waals surface area (Å²) in [5.74, 6) is 0.799. The Labute approximate surface area is 194 Å². The van der Waals surface area contributed by atoms with Crippen LogP contribution in [0.3, 0.4) is 0 Å². The van der Waals surface area contributed by atoms with E-state index in [-0.39, 0.29) is 29.9 Å². The SMILES string of the molecule is CN=C(NCc1cccc(N2CC=CC2)c1)N1CCN(c2cnn(C)c2)C(=O)C1.I. The Hall–Kier alpha value is -2.56. The number of aryl methyl sites for hydroxylation is 1. The molecular formula is C21H28IN7O. The second-order valence-electron chi connectivity index (χ2n) is 7.29. The van der Waals surface area contributed by atoms with E-state index in [1.54, 1.807) is 22.8 Å². The Kier molecular flexibility index (Phi) is 7.35. The molecule has 1 fully saturated rings. The van der Waals surface area contributed by atoms with Gasteiger partial charge in [0.1, 0.15) is 6.54 Å². The van der Waals surface area contributed by atoms with Crippen molar-refractivity contribution >= 4 is 47.2 Å². The van der Waals surface area contributed by atoms with Crippen LogP contribution in [0.2, 0.25) is 0 Å². The van der Waals surface area contributed by atoms with Crippen LogP contribution < -0.4 is 15.1 Å². The number of hydrogen-bond acceptors (Lipinski definition) is 4. The van der Waals surface area contributed by atoms with Crippen LogP contribution >= 0.6 is 24.0 Å². The number of halogens is 1. The molecule has 0 spiro atoms. The van der Waals surface area contributed by atoms with Gasteiger partial charge < -0.3 is 20.0 Å². The molecule has 9 heteroatoms. The molecule has 1 amide bonds. The van der Waals surface area contributed by atoms with Crippen molar-refractivity contribution in [3.05, 3.63) is 54.4 Å². The number of rotatable bonds is 4. The number of guanidine groups is 1. The number of carbonyl (C=O) groups excluding carboxylic acids is 1. The van der Waals surface area contributed by atoms with Gasteiger partial charge in [-0.15, -0.1) is 24.0 Å². The molecule has 0 radical (unpaired) electrons. The molecule has 1 aromatic carbocycles. The summed E-state index contributed by atoms with van der Waals surface area (Å²) in [5, 5.41) is 7.57. The summed E-state index contributed by atoms with van der Waals surface area (Å²) in [4.78, 5) is 23.2. The second kappa shape index (κ2) is 9.96. The lowest BCUT2D eigenvalue weighted by molar-refractivity contribution is -0.120. The van der Waals surface area contributed by atoms with Gasteiger partial charge in [0.2, 0.25) is 5.91 Å². The zero-order chi connectivity index (χ0) is 20.2. The van der Waals surface area contributed by atoms with Gasteiger partial charge >= 0.3 is 0 Å². The lowest BCUT2D eigenvalue weighted by atomic mass is 10.2. The Morgan fingerprint density at radius 3 is 2.67 bits per heavy atom. The first-order valence-electron chi connectivity index (χ1n) is 9.87. The van der Waals surface area contributed by atoms with E-state index in [4.69, 9.17) is 0 Å². The smallest absolute Gasteiger partial charge is 0.246 e. The first-order chi connectivity index (χ1) is 14.1. The Balaban J connectivity index is 0.00000256. The largest absolute Gasteiger partial charge is 0.364 e. The number of benzene rings is 1. The first kappa shape index (κ1) is 22.1. The highest BCUT2D eigenvalue weighted by molar-refractivity contribution is 14.0. The van der Waals surface area contributed by atoms with Crippen molar-refractivity contribution in [2.45, 2.75) is 6.54 Å². The van der Waals surface area contributed by atoms with Crippen molar-refractivity contribution in [3.8, 4) is 0 Å². The maximum atomic E-state index is 12.7. The summed E-state index contributed by atoms with van der Waals surface area (Å²) in [6, 6.07) is 8.54. The Morgan fingerprint density at radius 2 is 2.00 bits per heavy atom. The number of aliphatic imine (C=N–C) groups is 1. The maximum absolute atomic E-state index is 12.7. The predicted octanol–water partition coefficient (Wildman–Crippen LogP) is 1.84. The van der Waals surface area contributed by atoms with Crippen LogP contribution in [0.1, 0.15) is 5.56 Å². The van der Waals surface area contributed by atoms with Crippen LogP contribution in [0.25, 0.3) is 0 Å². The van der Waals surface area contributed by atoms with Crippen LogP contribution in [0.4, 0.5) is 11.4 Å². The van der Waals surface area contributed by atoms with E-state index in [0.29, 0.717) is 19.6 Å². The van der Waals surface area contributed by atoms with E-state index < -0.39 is 0 Å². The Bertz CT molecular complexity index is 931. The summed E-state index contributed by atoms with van der Waals surface area (Å²) in [5.41, 5.74) is 3.26. The van der Waals surface area contributed by atoms with Gasteiger partial charge in [-0.2, -0.15) is 5.10 Å². The van der Waals surface area contributed by atoms with E-state index in [2.05, 4.69) is 56.7 Å². The number of nitrogens with zero attached hydrogens (tertiary/aromatic N) is 6. The molecule has 30 heavy (non-hydrogen) atoms. The molecule has 1 N–H and O–H groups in total. The second-order valence-corrected chi connectivity index (χ2v) is 7.29. The van der Waals surface area contributed by atoms with Crippen molar-refractivity contribution in [2.24, 2.45) is 12.0 Å². The summed E-state index contributed by atoms with van der Waals surface area (Å²) in [6.45, 7) is 4.22. The van der Waals surface area contributed by atoms with Crippen LogP contribution in [-0.2, 0) is 18.4 Å². The lowest BCUT2D eigenvalue weighted by Crippen LogP contribution is -2.55. The van der Waals surface area contributed by atoms with Gasteiger partial charge in [0.05, 0.1) is 11.9 Å². The molecule has 0 aliphatic carbocycles. The van der Waals surface area contributed by atoms with Gasteiger partial charge in [0.25, 0.3) is 0 Å². The Morgan fingerprint density at radius 1 is 1.20 bits per heavy atom. The lowest BCUT2D eigenvalue weighted by Gasteiger charge is -2.35. The number of hydrogen-bond donors (Lipinski definition) is 1. The zero-order valence-electron chi connectivity index (χ0n) is 17.4. The minimum Gasteiger partial charge on any atom is -0.364 e. The minimum atomic E-state index is 0. The van der Waals surface area contributed by atoms with Gasteiger partial charge in [-0.3, -0.25) is 14.5 Å². The molecule has 2 aliphatic heterocycles. The third-order valence-electron chi connectivity index (χ3n) is 5.28. The highest BCUT2D eigenvalue weighted by Gasteiger charge is 2.27. The molecule has 8 nitrogen and oxygen atoms in total. The number of nitrogens with one attached hydrogen (secondary N) is 1. The third-order valence-corrected chi connectivity index (χ3v) is 5.28. The number of anilines is 2. The summed E-state index contributed by atoms with van der Waals surface area (Å²) in [6.07, 6.45) is 7.97. The topological polar surface area (TPSA) is 69.0 Å². The molecule has 0 bridgehead atoms. The van der Waals surface area contributed by atoms with Gasteiger partial charge in [-0.25, -0.2) is 0 Å². The average molecular weight is 521 g/mol. The molecule has 1 saturated heterocycles. The maximum Gasteiger partial charge on any atom is 0.246 e. The quantitative estimate of drug-likeness (QED) is 0.288. The fourth-order valence-corrected chi connectivity index (χ4v) is 3.74. The summed E-state index contributed by atoms with van der Waals surface area (Å²) >= 11 is 0. The first-order valence-corrected chi connectivity index (χ1v) is 9.87. The van der Waals surface area contributed by atoms with Crippen LogP contribution in [-0.4, -0.2) is 66.3 Å². The van der Waals surface area contributed by atoms with Crippen molar-refractivity contribution in [1.82, 2.24) is 20.0 Å².